The third-order valence-corrected chi connectivity index (χ3v) is 7.35. The Kier molecular flexibility index (Phi) is 7.08. The van der Waals surface area contributed by atoms with Crippen LogP contribution < -0.4 is 4.90 Å². The molecule has 3 saturated heterocycles. The van der Waals surface area contributed by atoms with Crippen LogP contribution in [0.1, 0.15) is 31.2 Å². The van der Waals surface area contributed by atoms with E-state index in [-0.39, 0.29) is 24.0 Å². The first kappa shape index (κ1) is 23.2. The summed E-state index contributed by atoms with van der Waals surface area (Å²) in [6.45, 7) is 3.42. The van der Waals surface area contributed by atoms with Crippen molar-refractivity contribution in [2.24, 2.45) is 0 Å². The van der Waals surface area contributed by atoms with Crippen molar-refractivity contribution >= 4 is 29.4 Å². The Hall–Kier alpha value is -2.55. The van der Waals surface area contributed by atoms with Gasteiger partial charge in [0.25, 0.3) is 0 Å². The molecule has 1 aromatic heterocycles. The maximum Gasteiger partial charge on any atom is 0.229 e. The average Bonchev–Trinajstić information content (AvgIpc) is 3.19. The van der Waals surface area contributed by atoms with E-state index in [2.05, 4.69) is 31.9 Å². The quantitative estimate of drug-likeness (QED) is 0.584. The van der Waals surface area contributed by atoms with E-state index in [0.717, 1.165) is 43.3 Å². The van der Waals surface area contributed by atoms with E-state index in [1.807, 2.05) is 18.2 Å². The first-order valence-electron chi connectivity index (χ1n) is 12.0. The molecule has 0 saturated carbocycles. The third kappa shape index (κ3) is 5.24. The largest absolute Gasteiger partial charge is 0.373 e. The highest BCUT2D eigenvalue weighted by Gasteiger charge is 2.38. The SMILES string of the molecule is O=C1CCC(=O)N1C[C@H]1CN(C2CCN(c3ncccn3)CC2)[C@@H](Cc2ccc(Cl)cc2)CO1. The van der Waals surface area contributed by atoms with Gasteiger partial charge in [0.1, 0.15) is 0 Å². The third-order valence-electron chi connectivity index (χ3n) is 7.10. The molecule has 0 bridgehead atoms. The minimum absolute atomic E-state index is 0.0837. The number of likely N-dealkylation sites (tertiary alicyclic amines) is 1. The molecule has 4 heterocycles. The van der Waals surface area contributed by atoms with E-state index in [4.69, 9.17) is 16.3 Å². The van der Waals surface area contributed by atoms with E-state index >= 15 is 0 Å². The lowest BCUT2D eigenvalue weighted by atomic mass is 9.96. The number of rotatable bonds is 6. The Morgan fingerprint density at radius 1 is 1.00 bits per heavy atom. The van der Waals surface area contributed by atoms with Gasteiger partial charge in [0.05, 0.1) is 19.3 Å². The van der Waals surface area contributed by atoms with Gasteiger partial charge < -0.3 is 9.64 Å². The zero-order chi connectivity index (χ0) is 23.5. The van der Waals surface area contributed by atoms with Gasteiger partial charge in [0, 0.05) is 62.0 Å². The second kappa shape index (κ2) is 10.4. The number of carbonyl (C=O) groups is 2. The molecular formula is C25H30ClN5O3. The number of imide groups is 1. The summed E-state index contributed by atoms with van der Waals surface area (Å²) in [5.74, 6) is 0.615. The first-order chi connectivity index (χ1) is 16.6. The van der Waals surface area contributed by atoms with Crippen molar-refractivity contribution in [3.05, 3.63) is 53.3 Å². The molecule has 1 aromatic carbocycles. The maximum atomic E-state index is 12.2. The minimum Gasteiger partial charge on any atom is -0.373 e. The molecule has 0 unspecified atom stereocenters. The highest BCUT2D eigenvalue weighted by Crippen LogP contribution is 2.27. The van der Waals surface area contributed by atoms with Gasteiger partial charge in [-0.3, -0.25) is 19.4 Å². The van der Waals surface area contributed by atoms with Gasteiger partial charge in [-0.25, -0.2) is 9.97 Å². The number of carbonyl (C=O) groups excluding carboxylic acids is 2. The number of piperidine rings is 1. The first-order valence-corrected chi connectivity index (χ1v) is 12.4. The number of ether oxygens (including phenoxy) is 1. The Bertz CT molecular complexity index is 981. The van der Waals surface area contributed by atoms with E-state index in [1.54, 1.807) is 12.4 Å². The van der Waals surface area contributed by atoms with Crippen LogP contribution in [0.15, 0.2) is 42.7 Å². The smallest absolute Gasteiger partial charge is 0.229 e. The summed E-state index contributed by atoms with van der Waals surface area (Å²) in [5.41, 5.74) is 1.22. The monoisotopic (exact) mass is 483 g/mol. The van der Waals surface area contributed by atoms with Crippen LogP contribution in [-0.4, -0.2) is 82.6 Å². The molecule has 0 aliphatic carbocycles. The summed E-state index contributed by atoms with van der Waals surface area (Å²) in [6.07, 6.45) is 6.90. The van der Waals surface area contributed by atoms with Crippen LogP contribution in [0, 0.1) is 0 Å². The van der Waals surface area contributed by atoms with Crippen LogP contribution in [0.4, 0.5) is 5.95 Å². The maximum absolute atomic E-state index is 12.2. The highest BCUT2D eigenvalue weighted by atomic mass is 35.5. The van der Waals surface area contributed by atoms with Gasteiger partial charge >= 0.3 is 0 Å². The number of anilines is 1. The van der Waals surface area contributed by atoms with Crippen molar-refractivity contribution in [2.75, 3.05) is 37.7 Å². The number of halogens is 1. The standard InChI is InChI=1S/C25H30ClN5O3/c26-19-4-2-18(3-5-19)14-21-17-34-22(16-31-23(32)6-7-24(31)33)15-30(21)20-8-12-29(13-9-20)25-27-10-1-11-28-25/h1-5,10-11,20-22H,6-9,12-17H2/t21-,22+/m0/s1. The van der Waals surface area contributed by atoms with Crippen LogP contribution >= 0.6 is 11.6 Å². The van der Waals surface area contributed by atoms with Gasteiger partial charge in [-0.1, -0.05) is 23.7 Å². The summed E-state index contributed by atoms with van der Waals surface area (Å²) < 4.78 is 6.21. The lowest BCUT2D eigenvalue weighted by Gasteiger charge is -2.47. The lowest BCUT2D eigenvalue weighted by molar-refractivity contribution is -0.144. The molecule has 9 heteroatoms. The summed E-state index contributed by atoms with van der Waals surface area (Å²) in [6, 6.07) is 10.5. The fraction of sp³-hybridized carbons (Fsp3) is 0.520. The van der Waals surface area contributed by atoms with E-state index < -0.39 is 0 Å². The van der Waals surface area contributed by atoms with Crippen molar-refractivity contribution in [1.82, 2.24) is 19.8 Å². The Morgan fingerprint density at radius 3 is 2.35 bits per heavy atom. The molecule has 5 rings (SSSR count). The molecule has 2 aromatic rings. The van der Waals surface area contributed by atoms with Crippen LogP contribution in [0.2, 0.25) is 5.02 Å². The van der Waals surface area contributed by atoms with Gasteiger partial charge in [-0.2, -0.15) is 0 Å². The second-order valence-electron chi connectivity index (χ2n) is 9.30. The number of aromatic nitrogens is 2. The molecule has 0 radical (unpaired) electrons. The number of benzene rings is 1. The molecule has 34 heavy (non-hydrogen) atoms. The van der Waals surface area contributed by atoms with E-state index in [0.29, 0.717) is 38.6 Å². The molecule has 0 N–H and O–H groups in total. The predicted molar refractivity (Wildman–Crippen MR) is 129 cm³/mol. The molecule has 2 atom stereocenters. The fourth-order valence-corrected chi connectivity index (χ4v) is 5.41. The highest BCUT2D eigenvalue weighted by molar-refractivity contribution is 6.30. The van der Waals surface area contributed by atoms with Crippen LogP contribution in [0.5, 0.6) is 0 Å². The summed E-state index contributed by atoms with van der Waals surface area (Å²) >= 11 is 6.08. The molecular weight excluding hydrogens is 454 g/mol. The van der Waals surface area contributed by atoms with Crippen molar-refractivity contribution in [1.29, 1.82) is 0 Å². The van der Waals surface area contributed by atoms with Crippen molar-refractivity contribution in [3.8, 4) is 0 Å². The second-order valence-corrected chi connectivity index (χ2v) is 9.74. The molecule has 3 aliphatic rings. The lowest BCUT2D eigenvalue weighted by Crippen LogP contribution is -2.59. The normalized spacial score (nSPS) is 24.7. The summed E-state index contributed by atoms with van der Waals surface area (Å²) in [7, 11) is 0. The van der Waals surface area contributed by atoms with Gasteiger partial charge in [0.2, 0.25) is 17.8 Å². The van der Waals surface area contributed by atoms with Crippen molar-refractivity contribution in [2.45, 2.75) is 50.3 Å². The Morgan fingerprint density at radius 2 is 1.68 bits per heavy atom. The number of hydrogen-bond donors (Lipinski definition) is 0. The van der Waals surface area contributed by atoms with Gasteiger partial charge in [0.15, 0.2) is 0 Å². The topological polar surface area (TPSA) is 78.9 Å². The molecule has 3 fully saturated rings. The van der Waals surface area contributed by atoms with Gasteiger partial charge in [-0.05, 0) is 43.0 Å². The van der Waals surface area contributed by atoms with Crippen LogP contribution in [0.3, 0.4) is 0 Å². The average molecular weight is 484 g/mol. The van der Waals surface area contributed by atoms with Crippen LogP contribution in [0.25, 0.3) is 0 Å². The number of morpholine rings is 1. The molecule has 0 spiro atoms. The van der Waals surface area contributed by atoms with E-state index in [1.165, 1.54) is 10.5 Å². The van der Waals surface area contributed by atoms with Crippen LogP contribution in [-0.2, 0) is 20.7 Å². The molecule has 2 amide bonds. The molecule has 8 nitrogen and oxygen atoms in total. The molecule has 3 aliphatic heterocycles. The number of hydrogen-bond acceptors (Lipinski definition) is 7. The Balaban J connectivity index is 1.28. The fourth-order valence-electron chi connectivity index (χ4n) is 5.29. The summed E-state index contributed by atoms with van der Waals surface area (Å²) in [5, 5.41) is 0.732. The zero-order valence-corrected chi connectivity index (χ0v) is 19.9. The van der Waals surface area contributed by atoms with Crippen molar-refractivity contribution < 1.29 is 14.3 Å². The minimum atomic E-state index is -0.164. The van der Waals surface area contributed by atoms with E-state index in [9.17, 15) is 9.59 Å². The van der Waals surface area contributed by atoms with Gasteiger partial charge in [-0.15, -0.1) is 0 Å². The summed E-state index contributed by atoms with van der Waals surface area (Å²) in [4.78, 5) is 39.3. The Labute approximate surface area is 204 Å². The number of nitrogens with zero attached hydrogens (tertiary/aromatic N) is 5. The van der Waals surface area contributed by atoms with Crippen molar-refractivity contribution in [3.63, 3.8) is 0 Å². The predicted octanol–water partition coefficient (Wildman–Crippen LogP) is 2.56. The molecule has 180 valence electrons. The number of amides is 2. The zero-order valence-electron chi connectivity index (χ0n) is 19.2.